The second-order valence-electron chi connectivity index (χ2n) is 5.53. The van der Waals surface area contributed by atoms with Crippen LogP contribution in [0, 0.1) is 5.92 Å². The molecule has 2 heterocycles. The predicted molar refractivity (Wildman–Crippen MR) is 74.3 cm³/mol. The summed E-state index contributed by atoms with van der Waals surface area (Å²) < 4.78 is 0. The monoisotopic (exact) mass is 281 g/mol. The molecule has 0 aliphatic carbocycles. The molecular formula is C14H19NO3S. The molecule has 1 aliphatic heterocycles. The SMILES string of the molecule is CC(C)(C(=O)N1CCCC(C(=O)O)C1)c1cccs1. The van der Waals surface area contributed by atoms with Crippen LogP contribution in [-0.2, 0) is 15.0 Å². The van der Waals surface area contributed by atoms with E-state index in [1.54, 1.807) is 16.2 Å². The number of nitrogens with zero attached hydrogens (tertiary/aromatic N) is 1. The number of thiophene rings is 1. The summed E-state index contributed by atoms with van der Waals surface area (Å²) in [6, 6.07) is 3.90. The van der Waals surface area contributed by atoms with Crippen LogP contribution in [0.1, 0.15) is 31.6 Å². The Hall–Kier alpha value is -1.36. The van der Waals surface area contributed by atoms with E-state index in [4.69, 9.17) is 5.11 Å². The van der Waals surface area contributed by atoms with Crippen molar-refractivity contribution in [1.29, 1.82) is 0 Å². The highest BCUT2D eigenvalue weighted by molar-refractivity contribution is 7.10. The van der Waals surface area contributed by atoms with E-state index in [1.807, 2.05) is 31.4 Å². The van der Waals surface area contributed by atoms with Crippen LogP contribution in [0.2, 0.25) is 0 Å². The van der Waals surface area contributed by atoms with Gasteiger partial charge in [-0.05, 0) is 38.1 Å². The molecule has 19 heavy (non-hydrogen) atoms. The van der Waals surface area contributed by atoms with Gasteiger partial charge in [-0.3, -0.25) is 9.59 Å². The molecule has 0 saturated carbocycles. The van der Waals surface area contributed by atoms with Crippen LogP contribution in [0.4, 0.5) is 0 Å². The zero-order valence-corrected chi connectivity index (χ0v) is 12.1. The lowest BCUT2D eigenvalue weighted by Gasteiger charge is -2.36. The van der Waals surface area contributed by atoms with Gasteiger partial charge in [-0.25, -0.2) is 0 Å². The molecule has 0 bridgehead atoms. The summed E-state index contributed by atoms with van der Waals surface area (Å²) in [6.45, 7) is 4.82. The van der Waals surface area contributed by atoms with Crippen LogP contribution in [0.5, 0.6) is 0 Å². The van der Waals surface area contributed by atoms with Gasteiger partial charge in [0.15, 0.2) is 0 Å². The fourth-order valence-corrected chi connectivity index (χ4v) is 3.34. The van der Waals surface area contributed by atoms with Crippen molar-refractivity contribution in [3.63, 3.8) is 0 Å². The average molecular weight is 281 g/mol. The van der Waals surface area contributed by atoms with Crippen LogP contribution < -0.4 is 0 Å². The number of aliphatic carboxylic acids is 1. The third-order valence-corrected chi connectivity index (χ3v) is 4.92. The first-order chi connectivity index (χ1) is 8.93. The molecule has 1 saturated heterocycles. The molecule has 0 aromatic carbocycles. The number of piperidine rings is 1. The van der Waals surface area contributed by atoms with Gasteiger partial charge in [0.25, 0.3) is 0 Å². The predicted octanol–water partition coefficient (Wildman–Crippen LogP) is 2.35. The van der Waals surface area contributed by atoms with Gasteiger partial charge in [-0.2, -0.15) is 0 Å². The Morgan fingerprint density at radius 2 is 2.21 bits per heavy atom. The van der Waals surface area contributed by atoms with E-state index in [0.717, 1.165) is 11.3 Å². The Balaban J connectivity index is 2.13. The summed E-state index contributed by atoms with van der Waals surface area (Å²) in [5, 5.41) is 11.0. The minimum Gasteiger partial charge on any atom is -0.481 e. The number of likely N-dealkylation sites (tertiary alicyclic amines) is 1. The van der Waals surface area contributed by atoms with Gasteiger partial charge in [-0.1, -0.05) is 6.07 Å². The largest absolute Gasteiger partial charge is 0.481 e. The van der Waals surface area contributed by atoms with Gasteiger partial charge >= 0.3 is 5.97 Å². The summed E-state index contributed by atoms with van der Waals surface area (Å²) in [7, 11) is 0. The molecule has 4 nitrogen and oxygen atoms in total. The smallest absolute Gasteiger partial charge is 0.308 e. The van der Waals surface area contributed by atoms with E-state index in [1.165, 1.54) is 0 Å². The Labute approximate surface area is 117 Å². The topological polar surface area (TPSA) is 57.6 Å². The van der Waals surface area contributed by atoms with Crippen LogP contribution in [0.15, 0.2) is 17.5 Å². The molecule has 1 atom stereocenters. The number of hydrogen-bond donors (Lipinski definition) is 1. The first kappa shape index (κ1) is 14.1. The molecule has 5 heteroatoms. The van der Waals surface area contributed by atoms with Gasteiger partial charge < -0.3 is 10.0 Å². The van der Waals surface area contributed by atoms with Crippen molar-refractivity contribution in [2.24, 2.45) is 5.92 Å². The molecule has 0 spiro atoms. The van der Waals surface area contributed by atoms with Gasteiger partial charge in [0.2, 0.25) is 5.91 Å². The number of carboxylic acid groups (broad SMARTS) is 1. The first-order valence-electron chi connectivity index (χ1n) is 6.49. The van der Waals surface area contributed by atoms with Crippen molar-refractivity contribution in [1.82, 2.24) is 4.90 Å². The van der Waals surface area contributed by atoms with E-state index in [9.17, 15) is 9.59 Å². The molecule has 1 aliphatic rings. The molecule has 1 aromatic heterocycles. The number of carbonyl (C=O) groups is 2. The van der Waals surface area contributed by atoms with Crippen LogP contribution >= 0.6 is 11.3 Å². The highest BCUT2D eigenvalue weighted by Crippen LogP contribution is 2.31. The summed E-state index contributed by atoms with van der Waals surface area (Å²) in [5.41, 5.74) is -0.575. The van der Waals surface area contributed by atoms with Crippen molar-refractivity contribution < 1.29 is 14.7 Å². The molecule has 1 aromatic rings. The quantitative estimate of drug-likeness (QED) is 0.925. The average Bonchev–Trinajstić information content (AvgIpc) is 2.92. The van der Waals surface area contributed by atoms with Crippen molar-refractivity contribution in [2.45, 2.75) is 32.1 Å². The Kier molecular flexibility index (Phi) is 3.94. The van der Waals surface area contributed by atoms with E-state index in [-0.39, 0.29) is 5.91 Å². The number of carbonyl (C=O) groups excluding carboxylic acids is 1. The molecule has 2 rings (SSSR count). The molecule has 0 radical (unpaired) electrons. The molecule has 1 fully saturated rings. The minimum absolute atomic E-state index is 0.0286. The van der Waals surface area contributed by atoms with E-state index < -0.39 is 17.3 Å². The zero-order chi connectivity index (χ0) is 14.0. The second kappa shape index (κ2) is 5.33. The van der Waals surface area contributed by atoms with Crippen molar-refractivity contribution in [2.75, 3.05) is 13.1 Å². The lowest BCUT2D eigenvalue weighted by molar-refractivity contribution is -0.147. The summed E-state index contributed by atoms with van der Waals surface area (Å²) >= 11 is 1.57. The van der Waals surface area contributed by atoms with Crippen molar-refractivity contribution >= 4 is 23.2 Å². The highest BCUT2D eigenvalue weighted by atomic mass is 32.1. The normalized spacial score (nSPS) is 20.3. The number of hydrogen-bond acceptors (Lipinski definition) is 3. The molecule has 104 valence electrons. The third-order valence-electron chi connectivity index (χ3n) is 3.73. The fraction of sp³-hybridized carbons (Fsp3) is 0.571. The fourth-order valence-electron chi connectivity index (χ4n) is 2.50. The van der Waals surface area contributed by atoms with Crippen LogP contribution in [0.3, 0.4) is 0 Å². The summed E-state index contributed by atoms with van der Waals surface area (Å²) in [4.78, 5) is 26.4. The summed E-state index contributed by atoms with van der Waals surface area (Å²) in [5.74, 6) is -1.19. The lowest BCUT2D eigenvalue weighted by Crippen LogP contribution is -2.48. The van der Waals surface area contributed by atoms with Crippen molar-refractivity contribution in [3.8, 4) is 0 Å². The maximum absolute atomic E-state index is 12.6. The lowest BCUT2D eigenvalue weighted by atomic mass is 9.87. The van der Waals surface area contributed by atoms with Crippen LogP contribution in [-0.4, -0.2) is 35.0 Å². The van der Waals surface area contributed by atoms with Crippen molar-refractivity contribution in [3.05, 3.63) is 22.4 Å². The zero-order valence-electron chi connectivity index (χ0n) is 11.3. The molecule has 1 amide bonds. The Bertz CT molecular complexity index is 467. The minimum atomic E-state index is -0.800. The standard InChI is InChI=1S/C14H19NO3S/c1-14(2,11-6-4-8-19-11)13(18)15-7-3-5-10(9-15)12(16)17/h4,6,8,10H,3,5,7,9H2,1-2H3,(H,16,17). The van der Waals surface area contributed by atoms with Gasteiger partial charge in [0, 0.05) is 18.0 Å². The third kappa shape index (κ3) is 2.81. The first-order valence-corrected chi connectivity index (χ1v) is 7.37. The highest BCUT2D eigenvalue weighted by Gasteiger charge is 2.37. The Morgan fingerprint density at radius 3 is 2.79 bits per heavy atom. The molecule has 1 unspecified atom stereocenters. The van der Waals surface area contributed by atoms with E-state index >= 15 is 0 Å². The van der Waals surface area contributed by atoms with Gasteiger partial charge in [0.1, 0.15) is 0 Å². The number of carboxylic acids is 1. The van der Waals surface area contributed by atoms with Gasteiger partial charge in [0.05, 0.1) is 11.3 Å². The van der Waals surface area contributed by atoms with Crippen LogP contribution in [0.25, 0.3) is 0 Å². The molecular weight excluding hydrogens is 262 g/mol. The number of rotatable bonds is 3. The maximum Gasteiger partial charge on any atom is 0.308 e. The Morgan fingerprint density at radius 1 is 1.47 bits per heavy atom. The van der Waals surface area contributed by atoms with E-state index in [2.05, 4.69) is 0 Å². The number of amides is 1. The second-order valence-corrected chi connectivity index (χ2v) is 6.48. The molecule has 1 N–H and O–H groups in total. The van der Waals surface area contributed by atoms with Gasteiger partial charge in [-0.15, -0.1) is 11.3 Å². The van der Waals surface area contributed by atoms with E-state index in [0.29, 0.717) is 19.5 Å². The maximum atomic E-state index is 12.6. The summed E-state index contributed by atoms with van der Waals surface area (Å²) in [6.07, 6.45) is 1.43.